The molecule has 1 amide bonds. The van der Waals surface area contributed by atoms with E-state index in [0.717, 1.165) is 18.5 Å². The highest BCUT2D eigenvalue weighted by Gasteiger charge is 2.24. The minimum absolute atomic E-state index is 0.103. The summed E-state index contributed by atoms with van der Waals surface area (Å²) in [6, 6.07) is 5.29. The first-order chi connectivity index (χ1) is 10.7. The average molecular weight is 301 g/mol. The van der Waals surface area contributed by atoms with Gasteiger partial charge in [0.1, 0.15) is 11.3 Å². The maximum atomic E-state index is 12.5. The lowest BCUT2D eigenvalue weighted by Crippen LogP contribution is -2.31. The Morgan fingerprint density at radius 1 is 1.36 bits per heavy atom. The van der Waals surface area contributed by atoms with Gasteiger partial charge in [-0.15, -0.1) is 0 Å². The van der Waals surface area contributed by atoms with Gasteiger partial charge in [0, 0.05) is 43.8 Å². The molecule has 2 aromatic heterocycles. The fourth-order valence-electron chi connectivity index (χ4n) is 2.89. The van der Waals surface area contributed by atoms with Crippen molar-refractivity contribution in [1.29, 1.82) is 0 Å². The summed E-state index contributed by atoms with van der Waals surface area (Å²) < 4.78 is 8.91. The molecule has 3 heterocycles. The maximum absolute atomic E-state index is 12.5. The van der Waals surface area contributed by atoms with E-state index in [-0.39, 0.29) is 11.5 Å². The quantitative estimate of drug-likeness (QED) is 0.897. The fourth-order valence-corrected chi connectivity index (χ4v) is 2.89. The number of ether oxygens (including phenoxy) is 1. The highest BCUT2D eigenvalue weighted by molar-refractivity contribution is 5.98. The second-order valence-electron chi connectivity index (χ2n) is 5.30. The number of hydrogen-bond donors (Lipinski definition) is 1. The number of carbonyl (C=O) groups excluding carboxylic acids is 1. The molecule has 1 aliphatic heterocycles. The smallest absolute Gasteiger partial charge is 0.256 e. The molecule has 0 spiro atoms. The van der Waals surface area contributed by atoms with E-state index in [9.17, 15) is 9.59 Å². The molecule has 1 N–H and O–H groups in total. The predicted octanol–water partition coefficient (Wildman–Crippen LogP) is 1.03. The van der Waals surface area contributed by atoms with Crippen LogP contribution in [-0.4, -0.2) is 28.7 Å². The van der Waals surface area contributed by atoms with Crippen LogP contribution in [-0.2, 0) is 19.5 Å². The molecule has 0 radical (unpaired) electrons. The molecule has 22 heavy (non-hydrogen) atoms. The van der Waals surface area contributed by atoms with Crippen molar-refractivity contribution < 1.29 is 9.53 Å². The molecule has 0 fully saturated rings. The number of amides is 1. The average Bonchev–Trinajstić information content (AvgIpc) is 3.17. The molecule has 2 aromatic rings. The van der Waals surface area contributed by atoms with E-state index in [1.54, 1.807) is 4.57 Å². The fraction of sp³-hybridized carbons (Fsp3) is 0.375. The van der Waals surface area contributed by atoms with Gasteiger partial charge in [0.15, 0.2) is 0 Å². The first-order valence-corrected chi connectivity index (χ1v) is 7.40. The summed E-state index contributed by atoms with van der Waals surface area (Å²) in [5, 5.41) is 2.91. The molecule has 6 heteroatoms. The second-order valence-corrected chi connectivity index (χ2v) is 5.30. The second kappa shape index (κ2) is 6.09. The normalized spacial score (nSPS) is 13.0. The van der Waals surface area contributed by atoms with Crippen LogP contribution in [0.4, 0.5) is 0 Å². The Kier molecular flexibility index (Phi) is 4.00. The molecule has 116 valence electrons. The van der Waals surface area contributed by atoms with Crippen molar-refractivity contribution >= 4 is 5.91 Å². The van der Waals surface area contributed by atoms with Crippen molar-refractivity contribution in [1.82, 2.24) is 14.5 Å². The summed E-state index contributed by atoms with van der Waals surface area (Å²) in [7, 11) is 1.48. The molecule has 0 aliphatic carbocycles. The molecule has 6 nitrogen and oxygen atoms in total. The lowest BCUT2D eigenvalue weighted by Gasteiger charge is -2.14. The molecule has 1 aliphatic rings. The van der Waals surface area contributed by atoms with Gasteiger partial charge >= 0.3 is 0 Å². The van der Waals surface area contributed by atoms with Crippen molar-refractivity contribution in [2.75, 3.05) is 13.7 Å². The van der Waals surface area contributed by atoms with Crippen molar-refractivity contribution in [2.24, 2.45) is 0 Å². The van der Waals surface area contributed by atoms with Gasteiger partial charge in [0.05, 0.1) is 7.11 Å². The van der Waals surface area contributed by atoms with Gasteiger partial charge in [-0.2, -0.15) is 0 Å². The van der Waals surface area contributed by atoms with Crippen LogP contribution in [0.5, 0.6) is 5.75 Å². The largest absolute Gasteiger partial charge is 0.496 e. The third-order valence-electron chi connectivity index (χ3n) is 3.95. The van der Waals surface area contributed by atoms with E-state index in [0.29, 0.717) is 30.9 Å². The zero-order chi connectivity index (χ0) is 15.5. The lowest BCUT2D eigenvalue weighted by molar-refractivity contribution is 0.0947. The molecule has 0 unspecified atom stereocenters. The monoisotopic (exact) mass is 301 g/mol. The summed E-state index contributed by atoms with van der Waals surface area (Å²) in [5.74, 6) is 0.172. The zero-order valence-corrected chi connectivity index (χ0v) is 12.5. The van der Waals surface area contributed by atoms with Crippen LogP contribution in [0.1, 0.15) is 22.5 Å². The lowest BCUT2D eigenvalue weighted by atomic mass is 10.1. The van der Waals surface area contributed by atoms with Gasteiger partial charge in [-0.05, 0) is 25.0 Å². The Bertz CT molecular complexity index is 732. The van der Waals surface area contributed by atoms with E-state index in [4.69, 9.17) is 4.74 Å². The Morgan fingerprint density at radius 3 is 2.86 bits per heavy atom. The Balaban J connectivity index is 1.80. The Morgan fingerprint density at radius 2 is 2.14 bits per heavy atom. The van der Waals surface area contributed by atoms with Crippen LogP contribution in [0.3, 0.4) is 0 Å². The van der Waals surface area contributed by atoms with Crippen molar-refractivity contribution in [3.8, 4) is 5.75 Å². The minimum Gasteiger partial charge on any atom is -0.496 e. The topological polar surface area (TPSA) is 65.3 Å². The minimum atomic E-state index is -0.186. The van der Waals surface area contributed by atoms with Gasteiger partial charge in [0.25, 0.3) is 11.5 Å². The number of aromatic nitrogens is 2. The number of nitrogens with one attached hydrogen (secondary N) is 1. The van der Waals surface area contributed by atoms with E-state index in [2.05, 4.69) is 5.32 Å². The Labute approximate surface area is 128 Å². The van der Waals surface area contributed by atoms with Gasteiger partial charge in [-0.3, -0.25) is 9.59 Å². The molecule has 3 rings (SSSR count). The molecule has 0 bridgehead atoms. The van der Waals surface area contributed by atoms with Gasteiger partial charge in [-0.25, -0.2) is 0 Å². The maximum Gasteiger partial charge on any atom is 0.256 e. The highest BCUT2D eigenvalue weighted by Crippen LogP contribution is 2.25. The van der Waals surface area contributed by atoms with Gasteiger partial charge in [0.2, 0.25) is 0 Å². The molecule has 0 aromatic carbocycles. The number of nitrogens with zero attached hydrogens (tertiary/aromatic N) is 2. The van der Waals surface area contributed by atoms with E-state index in [1.807, 2.05) is 29.1 Å². The molecular formula is C16H19N3O3. The number of fused-ring (bicyclic) bond motifs is 1. The summed E-state index contributed by atoms with van der Waals surface area (Å²) in [5.41, 5.74) is 1.17. The van der Waals surface area contributed by atoms with Crippen LogP contribution in [0.2, 0.25) is 0 Å². The molecule has 0 saturated carbocycles. The third kappa shape index (κ3) is 2.64. The highest BCUT2D eigenvalue weighted by atomic mass is 16.5. The molecule has 0 saturated heterocycles. The van der Waals surface area contributed by atoms with Crippen LogP contribution in [0.15, 0.2) is 35.4 Å². The van der Waals surface area contributed by atoms with Gasteiger partial charge < -0.3 is 19.2 Å². The number of pyridine rings is 1. The van der Waals surface area contributed by atoms with Gasteiger partial charge in [-0.1, -0.05) is 0 Å². The van der Waals surface area contributed by atoms with Crippen LogP contribution in [0.25, 0.3) is 0 Å². The van der Waals surface area contributed by atoms with Crippen molar-refractivity contribution in [3.63, 3.8) is 0 Å². The van der Waals surface area contributed by atoms with E-state index < -0.39 is 0 Å². The number of hydrogen-bond acceptors (Lipinski definition) is 3. The first kappa shape index (κ1) is 14.4. The number of methoxy groups -OCH3 is 1. The van der Waals surface area contributed by atoms with Crippen LogP contribution in [0, 0.1) is 0 Å². The van der Waals surface area contributed by atoms with Crippen molar-refractivity contribution in [3.05, 3.63) is 52.2 Å². The summed E-state index contributed by atoms with van der Waals surface area (Å²) >= 11 is 0. The molecular weight excluding hydrogens is 282 g/mol. The zero-order valence-electron chi connectivity index (χ0n) is 12.5. The van der Waals surface area contributed by atoms with E-state index in [1.165, 1.54) is 13.2 Å². The molecule has 0 atom stereocenters. The van der Waals surface area contributed by atoms with Crippen molar-refractivity contribution in [2.45, 2.75) is 25.9 Å². The summed E-state index contributed by atoms with van der Waals surface area (Å²) in [4.78, 5) is 24.5. The SMILES string of the molecule is COc1cc(=O)n2c(c1C(=O)NCCn1cccc1)CCC2. The Hall–Kier alpha value is -2.50. The standard InChI is InChI=1S/C16H19N3O3/c1-22-13-11-14(20)19-9-4-5-12(19)15(13)16(21)17-6-10-18-7-2-3-8-18/h2-3,7-8,11H,4-6,9-10H2,1H3,(H,17,21). The first-order valence-electron chi connectivity index (χ1n) is 7.40. The van der Waals surface area contributed by atoms with E-state index >= 15 is 0 Å². The van der Waals surface area contributed by atoms with Crippen LogP contribution < -0.4 is 15.6 Å². The van der Waals surface area contributed by atoms with Crippen LogP contribution >= 0.6 is 0 Å². The summed E-state index contributed by atoms with van der Waals surface area (Å²) in [6.45, 7) is 1.90. The third-order valence-corrected chi connectivity index (χ3v) is 3.95. The number of carbonyl (C=O) groups is 1. The predicted molar refractivity (Wildman–Crippen MR) is 82.3 cm³/mol. The number of rotatable bonds is 5. The summed E-state index contributed by atoms with van der Waals surface area (Å²) in [6.07, 6.45) is 5.51.